The van der Waals surface area contributed by atoms with E-state index in [0.717, 1.165) is 5.56 Å². The summed E-state index contributed by atoms with van der Waals surface area (Å²) in [6, 6.07) is 7.70. The Morgan fingerprint density at radius 2 is 1.96 bits per heavy atom. The standard InChI is InChI=1S/C18H23N3O4/c1-3-11-20-13(2)18(24)21-15(17(19)23)9-10-16(22)25-12-14-7-5-4-6-8-14/h1,4-8,13,15,20H,9-12H2,2H3,(H2,19,23)(H,21,24)/t13-,15+/m0/s1. The van der Waals surface area contributed by atoms with Crippen molar-refractivity contribution in [3.05, 3.63) is 35.9 Å². The van der Waals surface area contributed by atoms with Gasteiger partial charge in [0.1, 0.15) is 12.6 Å². The van der Waals surface area contributed by atoms with Gasteiger partial charge < -0.3 is 15.8 Å². The van der Waals surface area contributed by atoms with Crippen molar-refractivity contribution in [2.24, 2.45) is 5.73 Å². The Hall–Kier alpha value is -2.85. The molecule has 2 atom stereocenters. The van der Waals surface area contributed by atoms with Crippen LogP contribution in [0.5, 0.6) is 0 Å². The smallest absolute Gasteiger partial charge is 0.306 e. The maximum Gasteiger partial charge on any atom is 0.306 e. The highest BCUT2D eigenvalue weighted by atomic mass is 16.5. The predicted octanol–water partition coefficient (Wildman–Crippen LogP) is 0.0914. The molecule has 0 heterocycles. The molecule has 7 heteroatoms. The number of primary amides is 1. The second-order valence-electron chi connectivity index (χ2n) is 5.46. The normalized spacial score (nSPS) is 12.5. The van der Waals surface area contributed by atoms with E-state index in [1.165, 1.54) is 0 Å². The quantitative estimate of drug-likeness (QED) is 0.411. The summed E-state index contributed by atoms with van der Waals surface area (Å²) in [6.07, 6.45) is 5.14. The first-order valence-corrected chi connectivity index (χ1v) is 7.90. The van der Waals surface area contributed by atoms with Gasteiger partial charge in [-0.1, -0.05) is 36.3 Å². The molecule has 0 aliphatic heterocycles. The third-order valence-electron chi connectivity index (χ3n) is 3.44. The van der Waals surface area contributed by atoms with Gasteiger partial charge in [-0.3, -0.25) is 19.7 Å². The third kappa shape index (κ3) is 7.99. The number of terminal acetylenes is 1. The van der Waals surface area contributed by atoms with Gasteiger partial charge in [-0.25, -0.2) is 0 Å². The zero-order chi connectivity index (χ0) is 18.7. The minimum absolute atomic E-state index is 0.0348. The average molecular weight is 345 g/mol. The monoisotopic (exact) mass is 345 g/mol. The van der Waals surface area contributed by atoms with E-state index in [0.29, 0.717) is 0 Å². The summed E-state index contributed by atoms with van der Waals surface area (Å²) >= 11 is 0. The number of amides is 2. The van der Waals surface area contributed by atoms with Gasteiger partial charge in [-0.2, -0.15) is 0 Å². The fraction of sp³-hybridized carbons (Fsp3) is 0.389. The summed E-state index contributed by atoms with van der Waals surface area (Å²) in [6.45, 7) is 1.99. The number of hydrogen-bond acceptors (Lipinski definition) is 5. The van der Waals surface area contributed by atoms with Crippen LogP contribution >= 0.6 is 0 Å². The molecule has 0 aliphatic carbocycles. The van der Waals surface area contributed by atoms with Crippen molar-refractivity contribution in [2.45, 2.75) is 38.5 Å². The lowest BCUT2D eigenvalue weighted by Crippen LogP contribution is -2.51. The topological polar surface area (TPSA) is 111 Å². The van der Waals surface area contributed by atoms with E-state index in [1.54, 1.807) is 6.92 Å². The molecule has 0 saturated carbocycles. The van der Waals surface area contributed by atoms with Gasteiger partial charge in [-0.15, -0.1) is 6.42 Å². The van der Waals surface area contributed by atoms with E-state index in [1.807, 2.05) is 30.3 Å². The van der Waals surface area contributed by atoms with Crippen LogP contribution in [0.25, 0.3) is 0 Å². The van der Waals surface area contributed by atoms with E-state index in [9.17, 15) is 14.4 Å². The molecule has 2 amide bonds. The molecule has 1 aromatic rings. The van der Waals surface area contributed by atoms with E-state index >= 15 is 0 Å². The Morgan fingerprint density at radius 3 is 2.56 bits per heavy atom. The number of nitrogens with two attached hydrogens (primary N) is 1. The number of ether oxygens (including phenoxy) is 1. The molecular weight excluding hydrogens is 322 g/mol. The molecule has 134 valence electrons. The molecule has 7 nitrogen and oxygen atoms in total. The van der Waals surface area contributed by atoms with Crippen LogP contribution in [0.4, 0.5) is 0 Å². The lowest BCUT2D eigenvalue weighted by atomic mass is 10.1. The third-order valence-corrected chi connectivity index (χ3v) is 3.44. The van der Waals surface area contributed by atoms with Gasteiger partial charge in [0.15, 0.2) is 0 Å². The minimum atomic E-state index is -0.952. The van der Waals surface area contributed by atoms with Crippen LogP contribution in [0.3, 0.4) is 0 Å². The van der Waals surface area contributed by atoms with Gasteiger partial charge in [0, 0.05) is 6.42 Å². The van der Waals surface area contributed by atoms with E-state index in [2.05, 4.69) is 16.6 Å². The Labute approximate surface area is 147 Å². The fourth-order valence-electron chi connectivity index (χ4n) is 1.96. The highest BCUT2D eigenvalue weighted by molar-refractivity contribution is 5.89. The molecule has 0 radical (unpaired) electrons. The van der Waals surface area contributed by atoms with Crippen LogP contribution in [0.1, 0.15) is 25.3 Å². The second-order valence-corrected chi connectivity index (χ2v) is 5.46. The number of carbonyl (C=O) groups is 3. The highest BCUT2D eigenvalue weighted by Gasteiger charge is 2.22. The first-order chi connectivity index (χ1) is 11.9. The van der Waals surface area contributed by atoms with Gasteiger partial charge >= 0.3 is 5.97 Å². The molecule has 1 rings (SSSR count). The predicted molar refractivity (Wildman–Crippen MR) is 92.9 cm³/mol. The minimum Gasteiger partial charge on any atom is -0.461 e. The summed E-state index contributed by atoms with van der Waals surface area (Å²) in [5, 5.41) is 5.29. The van der Waals surface area contributed by atoms with Gasteiger partial charge in [0.25, 0.3) is 0 Å². The molecule has 0 spiro atoms. The van der Waals surface area contributed by atoms with Gasteiger partial charge in [0.05, 0.1) is 12.6 Å². The summed E-state index contributed by atoms with van der Waals surface area (Å²) < 4.78 is 5.13. The number of benzene rings is 1. The Morgan fingerprint density at radius 1 is 1.28 bits per heavy atom. The molecule has 0 aliphatic rings. The number of hydrogen-bond donors (Lipinski definition) is 3. The summed E-state index contributed by atoms with van der Waals surface area (Å²) in [5.74, 6) is 0.749. The molecule has 25 heavy (non-hydrogen) atoms. The Balaban J connectivity index is 2.41. The van der Waals surface area contributed by atoms with E-state index in [4.69, 9.17) is 16.9 Å². The molecule has 4 N–H and O–H groups in total. The number of carbonyl (C=O) groups excluding carboxylic acids is 3. The van der Waals surface area contributed by atoms with Crippen LogP contribution in [-0.4, -0.2) is 36.4 Å². The number of esters is 1. The SMILES string of the molecule is C#CCN[C@@H](C)C(=O)N[C@H](CCC(=O)OCc1ccccc1)C(N)=O. The zero-order valence-electron chi connectivity index (χ0n) is 14.2. The van der Waals surface area contributed by atoms with Crippen molar-refractivity contribution in [3.63, 3.8) is 0 Å². The van der Waals surface area contributed by atoms with Gasteiger partial charge in [0.2, 0.25) is 11.8 Å². The lowest BCUT2D eigenvalue weighted by molar-refractivity contribution is -0.145. The molecular formula is C18H23N3O4. The van der Waals surface area contributed by atoms with E-state index in [-0.39, 0.29) is 26.0 Å². The first kappa shape index (κ1) is 20.2. The average Bonchev–Trinajstić information content (AvgIpc) is 2.61. The highest BCUT2D eigenvalue weighted by Crippen LogP contribution is 2.04. The maximum absolute atomic E-state index is 12.0. The Kier molecular flexibility index (Phi) is 8.75. The van der Waals surface area contributed by atoms with Crippen molar-refractivity contribution >= 4 is 17.8 Å². The summed E-state index contributed by atoms with van der Waals surface area (Å²) in [5.41, 5.74) is 6.14. The first-order valence-electron chi connectivity index (χ1n) is 7.90. The van der Waals surface area contributed by atoms with Crippen molar-refractivity contribution in [1.29, 1.82) is 0 Å². The lowest BCUT2D eigenvalue weighted by Gasteiger charge is -2.18. The Bertz CT molecular complexity index is 625. The molecule has 0 aromatic heterocycles. The van der Waals surface area contributed by atoms with Crippen molar-refractivity contribution in [3.8, 4) is 12.3 Å². The fourth-order valence-corrected chi connectivity index (χ4v) is 1.96. The van der Waals surface area contributed by atoms with E-state index < -0.39 is 29.9 Å². The maximum atomic E-state index is 12.0. The van der Waals surface area contributed by atoms with Crippen LogP contribution in [-0.2, 0) is 25.7 Å². The van der Waals surface area contributed by atoms with Crippen LogP contribution in [0.15, 0.2) is 30.3 Å². The molecule has 0 fully saturated rings. The number of nitrogens with one attached hydrogen (secondary N) is 2. The van der Waals surface area contributed by atoms with Crippen LogP contribution in [0.2, 0.25) is 0 Å². The molecule has 1 aromatic carbocycles. The van der Waals surface area contributed by atoms with Crippen LogP contribution < -0.4 is 16.4 Å². The van der Waals surface area contributed by atoms with Crippen LogP contribution in [0, 0.1) is 12.3 Å². The number of rotatable bonds is 10. The molecule has 0 saturated heterocycles. The summed E-state index contributed by atoms with van der Waals surface area (Å²) in [4.78, 5) is 35.2. The second kappa shape index (κ2) is 10.8. The van der Waals surface area contributed by atoms with Crippen molar-refractivity contribution in [2.75, 3.05) is 6.54 Å². The molecule has 0 unspecified atom stereocenters. The van der Waals surface area contributed by atoms with Crippen molar-refractivity contribution in [1.82, 2.24) is 10.6 Å². The van der Waals surface area contributed by atoms with Gasteiger partial charge in [-0.05, 0) is 18.9 Å². The summed E-state index contributed by atoms with van der Waals surface area (Å²) in [7, 11) is 0. The molecule has 0 bridgehead atoms. The zero-order valence-corrected chi connectivity index (χ0v) is 14.2. The van der Waals surface area contributed by atoms with Crippen molar-refractivity contribution < 1.29 is 19.1 Å². The largest absolute Gasteiger partial charge is 0.461 e.